The molecule has 0 aliphatic carbocycles. The van der Waals surface area contributed by atoms with Gasteiger partial charge in [-0.1, -0.05) is 39.0 Å². The van der Waals surface area contributed by atoms with E-state index in [2.05, 4.69) is 25.7 Å². The number of rotatable bonds is 2. The predicted molar refractivity (Wildman–Crippen MR) is 97.0 cm³/mol. The Morgan fingerprint density at radius 3 is 2.42 bits per heavy atom. The highest BCUT2D eigenvalue weighted by Crippen LogP contribution is 2.36. The zero-order valence-corrected chi connectivity index (χ0v) is 15.1. The molecule has 4 heteroatoms. The topological polar surface area (TPSA) is 43.8 Å². The van der Waals surface area contributed by atoms with E-state index in [1.165, 1.54) is 0 Å². The Morgan fingerprint density at radius 2 is 1.79 bits per heavy atom. The molecule has 0 radical (unpaired) electrons. The van der Waals surface area contributed by atoms with Crippen LogP contribution >= 0.6 is 0 Å². The van der Waals surface area contributed by atoms with Crippen molar-refractivity contribution in [1.29, 1.82) is 0 Å². The molecule has 132 valence electrons. The summed E-state index contributed by atoms with van der Waals surface area (Å²) in [7, 11) is 0. The normalized spacial score (nSPS) is 29.8. The van der Waals surface area contributed by atoms with Crippen LogP contribution in [-0.4, -0.2) is 47.7 Å². The largest absolute Gasteiger partial charge is 0.391 e. The quantitative estimate of drug-likeness (QED) is 0.907. The Kier molecular flexibility index (Phi) is 4.97. The van der Waals surface area contributed by atoms with E-state index in [0.29, 0.717) is 12.5 Å². The van der Waals surface area contributed by atoms with Crippen LogP contribution in [0.25, 0.3) is 0 Å². The van der Waals surface area contributed by atoms with Crippen molar-refractivity contribution >= 4 is 11.6 Å². The summed E-state index contributed by atoms with van der Waals surface area (Å²) in [5.74, 6) is 0.492. The van der Waals surface area contributed by atoms with Crippen LogP contribution in [0.2, 0.25) is 0 Å². The van der Waals surface area contributed by atoms with Crippen LogP contribution in [0.15, 0.2) is 30.3 Å². The number of likely N-dealkylation sites (tertiary alicyclic amines) is 1. The summed E-state index contributed by atoms with van der Waals surface area (Å²) in [6.07, 6.45) is 2.52. The Labute approximate surface area is 145 Å². The minimum Gasteiger partial charge on any atom is -0.391 e. The molecule has 2 aliphatic heterocycles. The zero-order chi connectivity index (χ0) is 17.3. The van der Waals surface area contributed by atoms with Crippen LogP contribution in [0.5, 0.6) is 0 Å². The second-order valence-corrected chi connectivity index (χ2v) is 8.31. The summed E-state index contributed by atoms with van der Waals surface area (Å²) < 4.78 is 0. The second-order valence-electron chi connectivity index (χ2n) is 8.31. The number of anilines is 1. The fourth-order valence-electron chi connectivity index (χ4n) is 4.31. The first-order valence-electron chi connectivity index (χ1n) is 9.16. The van der Waals surface area contributed by atoms with E-state index in [-0.39, 0.29) is 23.5 Å². The van der Waals surface area contributed by atoms with Crippen molar-refractivity contribution in [2.24, 2.45) is 11.3 Å². The van der Waals surface area contributed by atoms with Gasteiger partial charge in [0.05, 0.1) is 12.1 Å². The van der Waals surface area contributed by atoms with Gasteiger partial charge in [0.1, 0.15) is 0 Å². The number of benzene rings is 1. The van der Waals surface area contributed by atoms with Crippen molar-refractivity contribution in [3.63, 3.8) is 0 Å². The number of nitrogens with zero attached hydrogens (tertiary/aromatic N) is 2. The number of carbonyl (C=O) groups excluding carboxylic acids is 1. The minimum atomic E-state index is -0.348. The van der Waals surface area contributed by atoms with Crippen LogP contribution in [0.3, 0.4) is 0 Å². The molecule has 1 N–H and O–H groups in total. The maximum absolute atomic E-state index is 13.0. The third-order valence-corrected chi connectivity index (χ3v) is 5.64. The Hall–Kier alpha value is -1.39. The molecule has 1 amide bonds. The van der Waals surface area contributed by atoms with Gasteiger partial charge in [0.25, 0.3) is 0 Å². The van der Waals surface area contributed by atoms with E-state index in [9.17, 15) is 9.90 Å². The highest BCUT2D eigenvalue weighted by molar-refractivity contribution is 5.97. The van der Waals surface area contributed by atoms with E-state index in [4.69, 9.17) is 0 Å². The number of β-amino-alcohol motifs (C(OH)–C–C–N with tert-alkyl or cyclic N) is 1. The molecule has 0 bridgehead atoms. The average Bonchev–Trinajstić information content (AvgIpc) is 2.54. The lowest BCUT2D eigenvalue weighted by Gasteiger charge is -2.46. The van der Waals surface area contributed by atoms with Gasteiger partial charge in [0.2, 0.25) is 5.91 Å². The first-order chi connectivity index (χ1) is 11.4. The molecule has 1 aromatic rings. The van der Waals surface area contributed by atoms with Gasteiger partial charge in [-0.3, -0.25) is 9.69 Å². The summed E-state index contributed by atoms with van der Waals surface area (Å²) in [6, 6.07) is 9.84. The molecule has 3 rings (SSSR count). The molecule has 2 heterocycles. The van der Waals surface area contributed by atoms with Gasteiger partial charge in [-0.05, 0) is 49.3 Å². The second kappa shape index (κ2) is 6.85. The first-order valence-corrected chi connectivity index (χ1v) is 9.16. The van der Waals surface area contributed by atoms with Crippen LogP contribution in [0, 0.1) is 11.3 Å². The van der Waals surface area contributed by atoms with Crippen molar-refractivity contribution in [2.45, 2.75) is 52.2 Å². The first kappa shape index (κ1) is 17.4. The maximum Gasteiger partial charge on any atom is 0.244 e. The van der Waals surface area contributed by atoms with Gasteiger partial charge in [-0.25, -0.2) is 0 Å². The molecular weight excluding hydrogens is 300 g/mol. The summed E-state index contributed by atoms with van der Waals surface area (Å²) in [4.78, 5) is 17.1. The molecule has 4 nitrogen and oxygen atoms in total. The van der Waals surface area contributed by atoms with E-state index in [1.54, 1.807) is 0 Å². The van der Waals surface area contributed by atoms with Gasteiger partial charge >= 0.3 is 0 Å². The van der Waals surface area contributed by atoms with Crippen molar-refractivity contribution in [2.75, 3.05) is 24.5 Å². The highest BCUT2D eigenvalue weighted by atomic mass is 16.3. The van der Waals surface area contributed by atoms with Gasteiger partial charge in [0, 0.05) is 18.8 Å². The van der Waals surface area contributed by atoms with E-state index in [0.717, 1.165) is 38.0 Å². The number of aliphatic hydroxyl groups is 1. The number of piperidine rings is 2. The molecule has 2 saturated heterocycles. The lowest BCUT2D eigenvalue weighted by atomic mass is 9.73. The summed E-state index contributed by atoms with van der Waals surface area (Å²) in [5, 5.41) is 10.6. The number of carbonyl (C=O) groups is 1. The van der Waals surface area contributed by atoms with Crippen LogP contribution in [0.4, 0.5) is 5.69 Å². The van der Waals surface area contributed by atoms with Crippen molar-refractivity contribution in [3.05, 3.63) is 30.3 Å². The molecule has 3 atom stereocenters. The Morgan fingerprint density at radius 1 is 1.08 bits per heavy atom. The lowest BCUT2D eigenvalue weighted by Crippen LogP contribution is -2.58. The monoisotopic (exact) mass is 330 g/mol. The van der Waals surface area contributed by atoms with Crippen LogP contribution in [-0.2, 0) is 4.79 Å². The molecule has 0 saturated carbocycles. The Bertz CT molecular complexity index is 567. The van der Waals surface area contributed by atoms with Crippen LogP contribution in [0.1, 0.15) is 40.0 Å². The summed E-state index contributed by atoms with van der Waals surface area (Å²) in [6.45, 7) is 8.89. The summed E-state index contributed by atoms with van der Waals surface area (Å²) >= 11 is 0. The molecule has 0 aromatic heterocycles. The molecule has 24 heavy (non-hydrogen) atoms. The summed E-state index contributed by atoms with van der Waals surface area (Å²) in [5.41, 5.74) is 1.09. The number of aliphatic hydroxyl groups excluding tert-OH is 1. The molecular formula is C20H30N2O2. The van der Waals surface area contributed by atoms with E-state index in [1.807, 2.05) is 35.2 Å². The Balaban J connectivity index is 1.70. The third-order valence-electron chi connectivity index (χ3n) is 5.64. The SMILES string of the molecule is CC(C)(C)[C@@H]1CCN([C@@H]2CCCN(c3ccccc3)C2=O)C[C@@H]1O. The van der Waals surface area contributed by atoms with Gasteiger partial charge in [-0.15, -0.1) is 0 Å². The smallest absolute Gasteiger partial charge is 0.244 e. The van der Waals surface area contributed by atoms with Crippen LogP contribution < -0.4 is 4.90 Å². The van der Waals surface area contributed by atoms with Crippen molar-refractivity contribution in [3.8, 4) is 0 Å². The minimum absolute atomic E-state index is 0.0884. The number of hydrogen-bond acceptors (Lipinski definition) is 3. The van der Waals surface area contributed by atoms with E-state index < -0.39 is 0 Å². The lowest BCUT2D eigenvalue weighted by molar-refractivity contribution is -0.128. The molecule has 2 fully saturated rings. The van der Waals surface area contributed by atoms with Gasteiger partial charge in [-0.2, -0.15) is 0 Å². The molecule has 2 aliphatic rings. The number of para-hydroxylation sites is 1. The number of hydrogen-bond donors (Lipinski definition) is 1. The predicted octanol–water partition coefficient (Wildman–Crippen LogP) is 2.91. The third kappa shape index (κ3) is 3.50. The molecule has 0 spiro atoms. The van der Waals surface area contributed by atoms with E-state index >= 15 is 0 Å². The molecule has 1 aromatic carbocycles. The zero-order valence-electron chi connectivity index (χ0n) is 15.1. The van der Waals surface area contributed by atoms with Gasteiger partial charge < -0.3 is 10.0 Å². The fraction of sp³-hybridized carbons (Fsp3) is 0.650. The highest BCUT2D eigenvalue weighted by Gasteiger charge is 2.41. The van der Waals surface area contributed by atoms with Crippen molar-refractivity contribution in [1.82, 2.24) is 4.90 Å². The standard InChI is InChI=1S/C20H30N2O2/c1-20(2,3)16-11-13-21(14-18(16)23)17-10-7-12-22(19(17)24)15-8-5-4-6-9-15/h4-6,8-9,16-18,23H,7,10-14H2,1-3H3/t16-,17-,18+/m1/s1. The fourth-order valence-corrected chi connectivity index (χ4v) is 4.31. The maximum atomic E-state index is 13.0. The van der Waals surface area contributed by atoms with Gasteiger partial charge in [0.15, 0.2) is 0 Å². The number of amides is 1. The van der Waals surface area contributed by atoms with Crippen molar-refractivity contribution < 1.29 is 9.90 Å². The average molecular weight is 330 g/mol. The molecule has 0 unspecified atom stereocenters.